The molecule has 0 spiro atoms. The molecule has 0 saturated carbocycles. The Morgan fingerprint density at radius 2 is 1.65 bits per heavy atom. The Balaban J connectivity index is 1.92. The van der Waals surface area contributed by atoms with Crippen molar-refractivity contribution in [3.63, 3.8) is 0 Å². The minimum Gasteiger partial charge on any atom is -0.439 e. The van der Waals surface area contributed by atoms with Crippen LogP contribution in [0.25, 0.3) is 16.6 Å². The van der Waals surface area contributed by atoms with E-state index >= 15 is 0 Å². The zero-order valence-corrected chi connectivity index (χ0v) is 16.2. The molecule has 5 nitrogen and oxygen atoms in total. The van der Waals surface area contributed by atoms with Gasteiger partial charge in [-0.2, -0.15) is 5.26 Å². The molecule has 0 amide bonds. The average molecular weight is 409 g/mol. The first-order valence-corrected chi connectivity index (χ1v) is 9.66. The van der Waals surface area contributed by atoms with Crippen molar-refractivity contribution in [3.05, 3.63) is 118 Å². The van der Waals surface area contributed by atoms with Gasteiger partial charge < -0.3 is 10.5 Å². The Kier molecular flexibility index (Phi) is 4.30. The highest BCUT2D eigenvalue weighted by Gasteiger charge is 2.35. The van der Waals surface area contributed by atoms with E-state index in [-0.39, 0.29) is 17.0 Å². The molecule has 4 aromatic rings. The lowest BCUT2D eigenvalue weighted by Gasteiger charge is -2.28. The molecule has 6 heteroatoms. The number of benzene rings is 3. The van der Waals surface area contributed by atoms with Crippen LogP contribution in [0.3, 0.4) is 0 Å². The van der Waals surface area contributed by atoms with Crippen LogP contribution < -0.4 is 16.0 Å². The topological polar surface area (TPSA) is 81.0 Å². The minimum atomic E-state index is -0.776. The Morgan fingerprint density at radius 3 is 2.35 bits per heavy atom. The summed E-state index contributed by atoms with van der Waals surface area (Å²) in [4.78, 5) is 13.9. The molecule has 2 heterocycles. The highest BCUT2D eigenvalue weighted by Crippen LogP contribution is 2.43. The largest absolute Gasteiger partial charge is 0.439 e. The number of aromatic nitrogens is 1. The fourth-order valence-electron chi connectivity index (χ4n) is 4.09. The first kappa shape index (κ1) is 18.6. The molecule has 1 aliphatic heterocycles. The summed E-state index contributed by atoms with van der Waals surface area (Å²) in [7, 11) is 0. The SMILES string of the molecule is N#CC1=C(N)Oc2c(c(=O)n(-c3ccccc3)c3ccccc23)[C@@H]1c1ccc(F)cc1. The van der Waals surface area contributed by atoms with E-state index < -0.39 is 11.7 Å². The van der Waals surface area contributed by atoms with Gasteiger partial charge in [0.15, 0.2) is 0 Å². The molecule has 1 aliphatic rings. The van der Waals surface area contributed by atoms with Gasteiger partial charge in [-0.25, -0.2) is 4.39 Å². The van der Waals surface area contributed by atoms with Crippen molar-refractivity contribution in [2.24, 2.45) is 5.73 Å². The summed E-state index contributed by atoms with van der Waals surface area (Å²) in [6.07, 6.45) is 0. The summed E-state index contributed by atoms with van der Waals surface area (Å²) in [6.45, 7) is 0. The Labute approximate surface area is 177 Å². The number of fused-ring (bicyclic) bond motifs is 3. The predicted octanol–water partition coefficient (Wildman–Crippen LogP) is 4.35. The van der Waals surface area contributed by atoms with E-state index in [0.717, 1.165) is 0 Å². The summed E-state index contributed by atoms with van der Waals surface area (Å²) < 4.78 is 21.0. The summed E-state index contributed by atoms with van der Waals surface area (Å²) in [5.74, 6) is -0.932. The molecule has 0 bridgehead atoms. The molecule has 0 aliphatic carbocycles. The van der Waals surface area contributed by atoms with Gasteiger partial charge >= 0.3 is 0 Å². The van der Waals surface area contributed by atoms with Gasteiger partial charge in [0.25, 0.3) is 5.56 Å². The van der Waals surface area contributed by atoms with Crippen LogP contribution in [0, 0.1) is 17.1 Å². The van der Waals surface area contributed by atoms with Crippen LogP contribution in [-0.4, -0.2) is 4.57 Å². The number of allylic oxidation sites excluding steroid dienone is 1. The Hall–Kier alpha value is -4.37. The number of nitrogens with zero attached hydrogens (tertiary/aromatic N) is 2. The number of ether oxygens (including phenoxy) is 1. The van der Waals surface area contributed by atoms with E-state index in [1.807, 2.05) is 54.6 Å². The summed E-state index contributed by atoms with van der Waals surface area (Å²) in [5.41, 5.74) is 8.11. The van der Waals surface area contributed by atoms with Crippen molar-refractivity contribution >= 4 is 10.9 Å². The van der Waals surface area contributed by atoms with Gasteiger partial charge in [0, 0.05) is 11.1 Å². The molecule has 5 rings (SSSR count). The number of nitriles is 1. The molecule has 3 aromatic carbocycles. The van der Waals surface area contributed by atoms with Gasteiger partial charge in [-0.3, -0.25) is 9.36 Å². The van der Waals surface area contributed by atoms with Crippen molar-refractivity contribution in [1.29, 1.82) is 5.26 Å². The number of rotatable bonds is 2. The van der Waals surface area contributed by atoms with Gasteiger partial charge in [-0.15, -0.1) is 0 Å². The molecule has 0 unspecified atom stereocenters. The molecule has 0 saturated heterocycles. The Bertz CT molecular complexity index is 1450. The number of hydrogen-bond donors (Lipinski definition) is 1. The lowest BCUT2D eigenvalue weighted by molar-refractivity contribution is 0.396. The van der Waals surface area contributed by atoms with Crippen molar-refractivity contribution in [2.75, 3.05) is 0 Å². The van der Waals surface area contributed by atoms with Crippen LogP contribution in [0.2, 0.25) is 0 Å². The maximum atomic E-state index is 13.9. The van der Waals surface area contributed by atoms with Gasteiger partial charge in [0.05, 0.1) is 17.0 Å². The molecule has 31 heavy (non-hydrogen) atoms. The van der Waals surface area contributed by atoms with E-state index in [4.69, 9.17) is 10.5 Å². The lowest BCUT2D eigenvalue weighted by Crippen LogP contribution is -2.31. The van der Waals surface area contributed by atoms with Gasteiger partial charge in [0.1, 0.15) is 23.2 Å². The summed E-state index contributed by atoms with van der Waals surface area (Å²) in [6, 6.07) is 24.4. The number of nitrogens with two attached hydrogens (primary N) is 1. The third-order valence-corrected chi connectivity index (χ3v) is 5.46. The third-order valence-electron chi connectivity index (χ3n) is 5.46. The normalized spacial score (nSPS) is 15.3. The second-order valence-electron chi connectivity index (χ2n) is 7.21. The molecule has 150 valence electrons. The lowest BCUT2D eigenvalue weighted by atomic mass is 9.83. The van der Waals surface area contributed by atoms with Crippen LogP contribution >= 0.6 is 0 Å². The monoisotopic (exact) mass is 409 g/mol. The van der Waals surface area contributed by atoms with Gasteiger partial charge in [0.2, 0.25) is 5.88 Å². The maximum absolute atomic E-state index is 13.9. The van der Waals surface area contributed by atoms with E-state index in [1.165, 1.54) is 12.1 Å². The first-order chi connectivity index (χ1) is 15.1. The molecular weight excluding hydrogens is 393 g/mol. The summed E-state index contributed by atoms with van der Waals surface area (Å²) >= 11 is 0. The molecule has 1 aromatic heterocycles. The standard InChI is InChI=1S/C25H16FN3O2/c26-16-12-10-15(11-13-16)21-19(14-27)24(28)31-23-18-8-4-5-9-20(18)29(25(30)22(21)23)17-6-2-1-3-7-17/h1-13,21H,28H2/t21-/m1/s1. The van der Waals surface area contributed by atoms with Crippen molar-refractivity contribution in [2.45, 2.75) is 5.92 Å². The van der Waals surface area contributed by atoms with E-state index in [0.29, 0.717) is 33.5 Å². The smallest absolute Gasteiger partial charge is 0.263 e. The number of pyridine rings is 1. The second kappa shape index (κ2) is 7.15. The summed E-state index contributed by atoms with van der Waals surface area (Å²) in [5, 5.41) is 10.5. The molecule has 1 atom stereocenters. The predicted molar refractivity (Wildman–Crippen MR) is 115 cm³/mol. The van der Waals surface area contributed by atoms with Crippen LogP contribution in [-0.2, 0) is 0 Å². The van der Waals surface area contributed by atoms with E-state index in [9.17, 15) is 14.4 Å². The minimum absolute atomic E-state index is 0.0636. The van der Waals surface area contributed by atoms with Crippen LogP contribution in [0.1, 0.15) is 17.0 Å². The average Bonchev–Trinajstić information content (AvgIpc) is 2.80. The second-order valence-corrected chi connectivity index (χ2v) is 7.21. The molecular formula is C25H16FN3O2. The fourth-order valence-corrected chi connectivity index (χ4v) is 4.09. The Morgan fingerprint density at radius 1 is 0.968 bits per heavy atom. The van der Waals surface area contributed by atoms with Crippen LogP contribution in [0.15, 0.2) is 95.1 Å². The van der Waals surface area contributed by atoms with Gasteiger partial charge in [-0.05, 0) is 42.0 Å². The third kappa shape index (κ3) is 2.87. The molecule has 0 fully saturated rings. The van der Waals surface area contributed by atoms with E-state index in [2.05, 4.69) is 6.07 Å². The van der Waals surface area contributed by atoms with Crippen molar-refractivity contribution in [3.8, 4) is 17.5 Å². The highest BCUT2D eigenvalue weighted by atomic mass is 19.1. The fraction of sp³-hybridized carbons (Fsp3) is 0.0400. The quantitative estimate of drug-likeness (QED) is 0.534. The van der Waals surface area contributed by atoms with Crippen molar-refractivity contribution < 1.29 is 9.13 Å². The van der Waals surface area contributed by atoms with Crippen molar-refractivity contribution in [1.82, 2.24) is 4.57 Å². The van der Waals surface area contributed by atoms with Crippen LogP contribution in [0.5, 0.6) is 5.75 Å². The number of hydrogen-bond acceptors (Lipinski definition) is 4. The number of para-hydroxylation sites is 2. The van der Waals surface area contributed by atoms with Gasteiger partial charge in [-0.1, -0.05) is 42.5 Å². The first-order valence-electron chi connectivity index (χ1n) is 9.66. The zero-order chi connectivity index (χ0) is 21.5. The molecule has 2 N–H and O–H groups in total. The zero-order valence-electron chi connectivity index (χ0n) is 16.2. The molecule has 0 radical (unpaired) electrons. The highest BCUT2D eigenvalue weighted by molar-refractivity contribution is 5.89. The number of halogens is 1. The van der Waals surface area contributed by atoms with E-state index in [1.54, 1.807) is 16.7 Å². The van der Waals surface area contributed by atoms with Crippen LogP contribution in [0.4, 0.5) is 4.39 Å². The maximum Gasteiger partial charge on any atom is 0.263 e.